The van der Waals surface area contributed by atoms with Crippen LogP contribution in [0.2, 0.25) is 0 Å². The van der Waals surface area contributed by atoms with Gasteiger partial charge in [-0.1, -0.05) is 18.2 Å². The normalized spacial score (nSPS) is 18.1. The first kappa shape index (κ1) is 12.4. The zero-order valence-corrected chi connectivity index (χ0v) is 10.0. The van der Waals surface area contributed by atoms with Crippen LogP contribution >= 0.6 is 0 Å². The molecule has 1 heterocycles. The minimum Gasteiger partial charge on any atom is -0.395 e. The summed E-state index contributed by atoms with van der Waals surface area (Å²) < 4.78 is 5.36. The summed E-state index contributed by atoms with van der Waals surface area (Å²) in [5.41, 5.74) is 8.24. The van der Waals surface area contributed by atoms with Gasteiger partial charge in [0.15, 0.2) is 0 Å². The van der Waals surface area contributed by atoms with Crippen LogP contribution in [-0.2, 0) is 11.2 Å². The van der Waals surface area contributed by atoms with E-state index < -0.39 is 0 Å². The molecule has 1 aromatic rings. The Kier molecular flexibility index (Phi) is 4.36. The molecule has 1 saturated heterocycles. The monoisotopic (exact) mass is 236 g/mol. The lowest BCUT2D eigenvalue weighted by Gasteiger charge is -2.31. The molecule has 1 atom stereocenters. The van der Waals surface area contributed by atoms with Gasteiger partial charge in [-0.05, 0) is 18.1 Å². The third-order valence-electron chi connectivity index (χ3n) is 3.06. The summed E-state index contributed by atoms with van der Waals surface area (Å²) in [6, 6.07) is 8.07. The number of aliphatic hydroxyl groups is 1. The van der Waals surface area contributed by atoms with Gasteiger partial charge in [0, 0.05) is 24.8 Å². The molecule has 1 unspecified atom stereocenters. The number of ether oxygens (including phenoxy) is 1. The molecule has 3 N–H and O–H groups in total. The molecule has 94 valence electrons. The number of morpholine rings is 1. The first-order valence-electron chi connectivity index (χ1n) is 6.08. The van der Waals surface area contributed by atoms with E-state index in [1.165, 1.54) is 11.3 Å². The Balaban J connectivity index is 2.14. The predicted molar refractivity (Wildman–Crippen MR) is 68.2 cm³/mol. The van der Waals surface area contributed by atoms with Crippen molar-refractivity contribution in [3.05, 3.63) is 29.8 Å². The fourth-order valence-electron chi connectivity index (χ4n) is 2.14. The number of nitrogens with two attached hydrogens (primary N) is 1. The maximum atomic E-state index is 9.04. The van der Waals surface area contributed by atoms with Gasteiger partial charge < -0.3 is 20.5 Å². The topological polar surface area (TPSA) is 58.7 Å². The quantitative estimate of drug-likeness (QED) is 0.794. The van der Waals surface area contributed by atoms with Crippen LogP contribution in [0.3, 0.4) is 0 Å². The number of para-hydroxylation sites is 1. The maximum Gasteiger partial charge on any atom is 0.0642 e. The molecule has 17 heavy (non-hydrogen) atoms. The lowest BCUT2D eigenvalue weighted by molar-refractivity contribution is 0.122. The smallest absolute Gasteiger partial charge is 0.0642 e. The number of rotatable bonds is 4. The Bertz CT molecular complexity index is 351. The zero-order chi connectivity index (χ0) is 12.1. The lowest BCUT2D eigenvalue weighted by atomic mass is 10.0. The summed E-state index contributed by atoms with van der Waals surface area (Å²) in [5.74, 6) is 0. The summed E-state index contributed by atoms with van der Waals surface area (Å²) in [4.78, 5) is 2.32. The molecule has 1 aromatic carbocycles. The molecule has 0 aliphatic carbocycles. The lowest BCUT2D eigenvalue weighted by Crippen LogP contribution is -2.37. The first-order chi connectivity index (χ1) is 8.31. The van der Waals surface area contributed by atoms with Gasteiger partial charge in [0.05, 0.1) is 19.8 Å². The standard InChI is InChI=1S/C13H20N2O2/c14-12(10-16)9-11-3-1-2-4-13(11)15-5-7-17-8-6-15/h1-4,12,16H,5-10,14H2. The molecule has 1 aliphatic rings. The zero-order valence-electron chi connectivity index (χ0n) is 10.0. The summed E-state index contributed by atoms with van der Waals surface area (Å²) in [5, 5.41) is 9.04. The average molecular weight is 236 g/mol. The molecular weight excluding hydrogens is 216 g/mol. The van der Waals surface area contributed by atoms with Gasteiger partial charge in [-0.15, -0.1) is 0 Å². The van der Waals surface area contributed by atoms with Gasteiger partial charge in [-0.25, -0.2) is 0 Å². The van der Waals surface area contributed by atoms with Crippen LogP contribution in [0.1, 0.15) is 5.56 Å². The maximum absolute atomic E-state index is 9.04. The van der Waals surface area contributed by atoms with E-state index in [4.69, 9.17) is 15.6 Å². The van der Waals surface area contributed by atoms with Crippen LogP contribution in [0.15, 0.2) is 24.3 Å². The first-order valence-corrected chi connectivity index (χ1v) is 6.08. The third kappa shape index (κ3) is 3.19. The van der Waals surface area contributed by atoms with Crippen LogP contribution in [-0.4, -0.2) is 44.1 Å². The van der Waals surface area contributed by atoms with Gasteiger partial charge in [-0.2, -0.15) is 0 Å². The van der Waals surface area contributed by atoms with E-state index in [2.05, 4.69) is 17.0 Å². The molecular formula is C13H20N2O2. The summed E-state index contributed by atoms with van der Waals surface area (Å²) >= 11 is 0. The number of benzene rings is 1. The van der Waals surface area contributed by atoms with Gasteiger partial charge >= 0.3 is 0 Å². The Labute approximate surface area is 102 Å². The van der Waals surface area contributed by atoms with Crippen molar-refractivity contribution < 1.29 is 9.84 Å². The van der Waals surface area contributed by atoms with Crippen molar-refractivity contribution in [1.29, 1.82) is 0 Å². The van der Waals surface area contributed by atoms with Crippen molar-refractivity contribution >= 4 is 5.69 Å². The Hall–Kier alpha value is -1.10. The van der Waals surface area contributed by atoms with Gasteiger partial charge in [0.1, 0.15) is 0 Å². The average Bonchev–Trinajstić information content (AvgIpc) is 2.40. The molecule has 4 nitrogen and oxygen atoms in total. The number of hydrogen-bond donors (Lipinski definition) is 2. The Morgan fingerprint density at radius 1 is 1.29 bits per heavy atom. The molecule has 0 radical (unpaired) electrons. The van der Waals surface area contributed by atoms with Gasteiger partial charge in [0.25, 0.3) is 0 Å². The molecule has 0 saturated carbocycles. The van der Waals surface area contributed by atoms with E-state index in [1.807, 2.05) is 12.1 Å². The molecule has 2 rings (SSSR count). The van der Waals surface area contributed by atoms with E-state index in [-0.39, 0.29) is 12.6 Å². The second-order valence-electron chi connectivity index (χ2n) is 4.37. The molecule has 4 heteroatoms. The fraction of sp³-hybridized carbons (Fsp3) is 0.538. The summed E-state index contributed by atoms with van der Waals surface area (Å²) in [6.45, 7) is 3.43. The predicted octanol–water partition coefficient (Wildman–Crippen LogP) is 0.385. The largest absolute Gasteiger partial charge is 0.395 e. The van der Waals surface area contributed by atoms with E-state index in [1.54, 1.807) is 0 Å². The third-order valence-corrected chi connectivity index (χ3v) is 3.06. The van der Waals surface area contributed by atoms with Crippen molar-refractivity contribution in [2.45, 2.75) is 12.5 Å². The SMILES string of the molecule is NC(CO)Cc1ccccc1N1CCOCC1. The number of hydrogen-bond acceptors (Lipinski definition) is 4. The number of nitrogens with zero attached hydrogens (tertiary/aromatic N) is 1. The van der Waals surface area contributed by atoms with E-state index in [9.17, 15) is 0 Å². The highest BCUT2D eigenvalue weighted by atomic mass is 16.5. The summed E-state index contributed by atoms with van der Waals surface area (Å²) in [6.07, 6.45) is 0.712. The van der Waals surface area contributed by atoms with E-state index in [0.29, 0.717) is 6.42 Å². The molecule has 0 amide bonds. The Morgan fingerprint density at radius 2 is 2.00 bits per heavy atom. The van der Waals surface area contributed by atoms with Crippen molar-refractivity contribution in [2.24, 2.45) is 5.73 Å². The van der Waals surface area contributed by atoms with Crippen molar-refractivity contribution in [2.75, 3.05) is 37.8 Å². The van der Waals surface area contributed by atoms with Crippen LogP contribution in [0, 0.1) is 0 Å². The molecule has 1 aliphatic heterocycles. The molecule has 0 bridgehead atoms. The van der Waals surface area contributed by atoms with Crippen LogP contribution in [0.5, 0.6) is 0 Å². The van der Waals surface area contributed by atoms with E-state index >= 15 is 0 Å². The molecule has 0 spiro atoms. The van der Waals surface area contributed by atoms with Gasteiger partial charge in [-0.3, -0.25) is 0 Å². The fourth-order valence-corrected chi connectivity index (χ4v) is 2.14. The Morgan fingerprint density at radius 3 is 2.71 bits per heavy atom. The second-order valence-corrected chi connectivity index (χ2v) is 4.37. The highest BCUT2D eigenvalue weighted by Gasteiger charge is 2.15. The number of aliphatic hydroxyl groups excluding tert-OH is 1. The van der Waals surface area contributed by atoms with Crippen LogP contribution in [0.4, 0.5) is 5.69 Å². The van der Waals surface area contributed by atoms with Crippen molar-refractivity contribution in [3.63, 3.8) is 0 Å². The van der Waals surface area contributed by atoms with Crippen molar-refractivity contribution in [3.8, 4) is 0 Å². The van der Waals surface area contributed by atoms with E-state index in [0.717, 1.165) is 26.3 Å². The highest BCUT2D eigenvalue weighted by molar-refractivity contribution is 5.54. The van der Waals surface area contributed by atoms with Gasteiger partial charge in [0.2, 0.25) is 0 Å². The van der Waals surface area contributed by atoms with Crippen molar-refractivity contribution in [1.82, 2.24) is 0 Å². The second kappa shape index (κ2) is 6.00. The van der Waals surface area contributed by atoms with Crippen LogP contribution in [0.25, 0.3) is 0 Å². The summed E-state index contributed by atoms with van der Waals surface area (Å²) in [7, 11) is 0. The van der Waals surface area contributed by atoms with Crippen LogP contribution < -0.4 is 10.6 Å². The minimum absolute atomic E-state index is 0.0252. The highest BCUT2D eigenvalue weighted by Crippen LogP contribution is 2.22. The molecule has 0 aromatic heterocycles. The molecule has 1 fully saturated rings. The number of anilines is 1. The minimum atomic E-state index is -0.183.